The standard InChI is InChI=1S/C15H23NO4/c1-11(2)16-15(3,14(18)19)10-20-13-7-5-4-6-12(13)8-9-17/h4-7,11,16-17H,8-10H2,1-3H3,(H,18,19). The molecule has 1 aromatic rings. The summed E-state index contributed by atoms with van der Waals surface area (Å²) in [4.78, 5) is 11.4. The number of ether oxygens (including phenoxy) is 1. The predicted molar refractivity (Wildman–Crippen MR) is 77.0 cm³/mol. The number of carboxylic acid groups (broad SMARTS) is 1. The van der Waals surface area contributed by atoms with Crippen LogP contribution in [0.4, 0.5) is 0 Å². The number of nitrogens with one attached hydrogen (secondary N) is 1. The maximum absolute atomic E-state index is 11.4. The van der Waals surface area contributed by atoms with Crippen molar-refractivity contribution in [2.75, 3.05) is 13.2 Å². The number of para-hydroxylation sites is 1. The molecule has 3 N–H and O–H groups in total. The highest BCUT2D eigenvalue weighted by Gasteiger charge is 2.34. The normalized spacial score (nSPS) is 14.1. The zero-order valence-electron chi connectivity index (χ0n) is 12.2. The van der Waals surface area contributed by atoms with Crippen molar-refractivity contribution in [2.45, 2.75) is 38.8 Å². The maximum atomic E-state index is 11.4. The molecular weight excluding hydrogens is 258 g/mol. The van der Waals surface area contributed by atoms with Crippen molar-refractivity contribution in [3.63, 3.8) is 0 Å². The number of hydrogen-bond acceptors (Lipinski definition) is 4. The fourth-order valence-corrected chi connectivity index (χ4v) is 2.00. The molecule has 1 rings (SSSR count). The van der Waals surface area contributed by atoms with Gasteiger partial charge in [0.05, 0.1) is 0 Å². The summed E-state index contributed by atoms with van der Waals surface area (Å²) in [5, 5.41) is 21.4. The van der Waals surface area contributed by atoms with Crippen molar-refractivity contribution in [3.8, 4) is 5.75 Å². The summed E-state index contributed by atoms with van der Waals surface area (Å²) in [5.41, 5.74) is -0.284. The molecule has 0 spiro atoms. The summed E-state index contributed by atoms with van der Waals surface area (Å²) in [6.45, 7) is 5.43. The van der Waals surface area contributed by atoms with Crippen molar-refractivity contribution in [1.82, 2.24) is 5.32 Å². The summed E-state index contributed by atoms with van der Waals surface area (Å²) in [6.07, 6.45) is 0.484. The lowest BCUT2D eigenvalue weighted by Gasteiger charge is -2.28. The molecule has 0 heterocycles. The Morgan fingerprint density at radius 2 is 2.05 bits per heavy atom. The quantitative estimate of drug-likeness (QED) is 0.672. The Morgan fingerprint density at radius 1 is 1.40 bits per heavy atom. The molecular formula is C15H23NO4. The molecule has 0 bridgehead atoms. The lowest BCUT2D eigenvalue weighted by Crippen LogP contribution is -2.56. The van der Waals surface area contributed by atoms with Gasteiger partial charge in [0.25, 0.3) is 0 Å². The molecule has 0 amide bonds. The van der Waals surface area contributed by atoms with E-state index in [0.29, 0.717) is 12.2 Å². The van der Waals surface area contributed by atoms with E-state index in [0.717, 1.165) is 5.56 Å². The minimum absolute atomic E-state index is 0.0168. The number of aliphatic hydroxyl groups is 1. The summed E-state index contributed by atoms with van der Waals surface area (Å²) >= 11 is 0. The fourth-order valence-electron chi connectivity index (χ4n) is 2.00. The van der Waals surface area contributed by atoms with Gasteiger partial charge in [-0.15, -0.1) is 0 Å². The lowest BCUT2D eigenvalue weighted by molar-refractivity contribution is -0.145. The van der Waals surface area contributed by atoms with Crippen molar-refractivity contribution in [2.24, 2.45) is 0 Å². The second-order valence-electron chi connectivity index (χ2n) is 5.31. The zero-order chi connectivity index (χ0) is 15.2. The van der Waals surface area contributed by atoms with Crippen molar-refractivity contribution < 1.29 is 19.7 Å². The van der Waals surface area contributed by atoms with E-state index in [9.17, 15) is 9.90 Å². The van der Waals surface area contributed by atoms with Gasteiger partial charge in [-0.1, -0.05) is 18.2 Å². The van der Waals surface area contributed by atoms with Gasteiger partial charge in [0.2, 0.25) is 0 Å². The van der Waals surface area contributed by atoms with E-state index in [1.165, 1.54) is 0 Å². The second-order valence-corrected chi connectivity index (χ2v) is 5.31. The zero-order valence-corrected chi connectivity index (χ0v) is 12.2. The van der Waals surface area contributed by atoms with Crippen molar-refractivity contribution in [1.29, 1.82) is 0 Å². The molecule has 0 saturated carbocycles. The van der Waals surface area contributed by atoms with Crippen LogP contribution in [0.2, 0.25) is 0 Å². The molecule has 0 fully saturated rings. The number of carboxylic acids is 1. The SMILES string of the molecule is CC(C)NC(C)(COc1ccccc1CCO)C(=O)O. The molecule has 1 unspecified atom stereocenters. The average Bonchev–Trinajstić information content (AvgIpc) is 2.37. The van der Waals surface area contributed by atoms with E-state index >= 15 is 0 Å². The number of carbonyl (C=O) groups is 1. The van der Waals surface area contributed by atoms with Gasteiger partial charge in [0, 0.05) is 12.6 Å². The third-order valence-electron chi connectivity index (χ3n) is 2.95. The molecule has 0 aliphatic heterocycles. The highest BCUT2D eigenvalue weighted by Crippen LogP contribution is 2.20. The van der Waals surface area contributed by atoms with E-state index in [4.69, 9.17) is 9.84 Å². The number of benzene rings is 1. The molecule has 1 atom stereocenters. The first kappa shape index (κ1) is 16.5. The van der Waals surface area contributed by atoms with Crippen LogP contribution in [0.15, 0.2) is 24.3 Å². The summed E-state index contributed by atoms with van der Waals surface area (Å²) in [7, 11) is 0. The molecule has 0 aliphatic rings. The monoisotopic (exact) mass is 281 g/mol. The minimum Gasteiger partial charge on any atom is -0.491 e. The maximum Gasteiger partial charge on any atom is 0.327 e. The average molecular weight is 281 g/mol. The molecule has 1 aromatic carbocycles. The van der Waals surface area contributed by atoms with E-state index in [2.05, 4.69) is 5.32 Å². The van der Waals surface area contributed by atoms with Crippen LogP contribution in [-0.2, 0) is 11.2 Å². The molecule has 0 saturated heterocycles. The number of hydrogen-bond donors (Lipinski definition) is 3. The Morgan fingerprint density at radius 3 is 2.60 bits per heavy atom. The van der Waals surface area contributed by atoms with Crippen LogP contribution in [0.3, 0.4) is 0 Å². The summed E-state index contributed by atoms with van der Waals surface area (Å²) < 4.78 is 5.66. The molecule has 5 nitrogen and oxygen atoms in total. The van der Waals surface area contributed by atoms with E-state index in [1.54, 1.807) is 13.0 Å². The highest BCUT2D eigenvalue weighted by atomic mass is 16.5. The molecule has 0 aliphatic carbocycles. The van der Waals surface area contributed by atoms with Crippen molar-refractivity contribution in [3.05, 3.63) is 29.8 Å². The highest BCUT2D eigenvalue weighted by molar-refractivity contribution is 5.78. The predicted octanol–water partition coefficient (Wildman–Crippen LogP) is 1.44. The third kappa shape index (κ3) is 4.51. The van der Waals surface area contributed by atoms with Gasteiger partial charge in [-0.2, -0.15) is 0 Å². The molecule has 112 valence electrons. The van der Waals surface area contributed by atoms with Crippen LogP contribution in [0.1, 0.15) is 26.3 Å². The largest absolute Gasteiger partial charge is 0.491 e. The summed E-state index contributed by atoms with van der Waals surface area (Å²) in [5.74, 6) is -0.342. The molecule has 20 heavy (non-hydrogen) atoms. The van der Waals surface area contributed by atoms with Crippen LogP contribution >= 0.6 is 0 Å². The van der Waals surface area contributed by atoms with Gasteiger partial charge in [0.15, 0.2) is 0 Å². The molecule has 0 aromatic heterocycles. The van der Waals surface area contributed by atoms with Crippen LogP contribution in [-0.4, -0.2) is 41.0 Å². The van der Waals surface area contributed by atoms with E-state index in [1.807, 2.05) is 32.0 Å². The van der Waals surface area contributed by atoms with E-state index in [-0.39, 0.29) is 19.3 Å². The Hall–Kier alpha value is -1.59. The Kier molecular flexibility index (Phi) is 5.98. The van der Waals surface area contributed by atoms with Crippen LogP contribution in [0.5, 0.6) is 5.75 Å². The van der Waals surface area contributed by atoms with Gasteiger partial charge < -0.3 is 14.9 Å². The van der Waals surface area contributed by atoms with Gasteiger partial charge in [-0.3, -0.25) is 10.1 Å². The first-order chi connectivity index (χ1) is 9.39. The number of aliphatic hydroxyl groups excluding tert-OH is 1. The molecule has 5 heteroatoms. The van der Waals surface area contributed by atoms with Crippen LogP contribution in [0, 0.1) is 0 Å². The summed E-state index contributed by atoms with van der Waals surface area (Å²) in [6, 6.07) is 7.36. The minimum atomic E-state index is -1.15. The van der Waals surface area contributed by atoms with Crippen LogP contribution < -0.4 is 10.1 Å². The smallest absolute Gasteiger partial charge is 0.327 e. The van der Waals surface area contributed by atoms with Gasteiger partial charge >= 0.3 is 5.97 Å². The van der Waals surface area contributed by atoms with Gasteiger partial charge in [0.1, 0.15) is 17.9 Å². The fraction of sp³-hybridized carbons (Fsp3) is 0.533. The second kappa shape index (κ2) is 7.26. The number of aliphatic carboxylic acids is 1. The number of rotatable bonds is 8. The van der Waals surface area contributed by atoms with Crippen LogP contribution in [0.25, 0.3) is 0 Å². The Bertz CT molecular complexity index is 447. The topological polar surface area (TPSA) is 78.8 Å². The van der Waals surface area contributed by atoms with Gasteiger partial charge in [-0.25, -0.2) is 0 Å². The lowest BCUT2D eigenvalue weighted by atomic mass is 10.0. The third-order valence-corrected chi connectivity index (χ3v) is 2.95. The Labute approximate surface area is 119 Å². The van der Waals surface area contributed by atoms with Gasteiger partial charge in [-0.05, 0) is 38.8 Å². The van der Waals surface area contributed by atoms with Crippen molar-refractivity contribution >= 4 is 5.97 Å². The Balaban J connectivity index is 2.80. The van der Waals surface area contributed by atoms with E-state index < -0.39 is 11.5 Å². The molecule has 0 radical (unpaired) electrons. The first-order valence-corrected chi connectivity index (χ1v) is 6.71. The first-order valence-electron chi connectivity index (χ1n) is 6.71.